The maximum atomic E-state index is 8.68. The third-order valence-corrected chi connectivity index (χ3v) is 14.7. The van der Waals surface area contributed by atoms with Crippen molar-refractivity contribution in [2.45, 2.75) is 40.0 Å². The fourth-order valence-electron chi connectivity index (χ4n) is 6.93. The van der Waals surface area contributed by atoms with Crippen LogP contribution < -0.4 is 15.6 Å². The molecule has 6 aromatic carbocycles. The maximum absolute atomic E-state index is 8.68. The van der Waals surface area contributed by atoms with Crippen LogP contribution in [0.4, 0.5) is 0 Å². The molecule has 0 N–H and O–H groups in total. The van der Waals surface area contributed by atoms with Crippen LogP contribution >= 0.6 is 11.1 Å². The Balaban J connectivity index is 1.67. The predicted octanol–water partition coefficient (Wildman–Crippen LogP) is 8.59. The van der Waals surface area contributed by atoms with Crippen molar-refractivity contribution in [1.29, 1.82) is 0 Å². The maximum Gasteiger partial charge on any atom is 0.249 e. The Morgan fingerprint density at radius 1 is 0.364 bits per heavy atom. The van der Waals surface area contributed by atoms with Crippen molar-refractivity contribution in [1.82, 2.24) is 0 Å². The molecule has 6 rings (SSSR count). The largest absolute Gasteiger partial charge is 0.249 e. The second-order valence-electron chi connectivity index (χ2n) is 12.0. The molecule has 0 unspecified atom stereocenters. The van der Waals surface area contributed by atoms with Crippen LogP contribution in [0.5, 0.6) is 0 Å². The molecule has 0 nitrogen and oxygen atoms in total. The minimum atomic E-state index is -3.13. The van der Waals surface area contributed by atoms with Gasteiger partial charge in [-0.1, -0.05) is 146 Å². The minimum Gasteiger partial charge on any atom is -0.149 e. The summed E-state index contributed by atoms with van der Waals surface area (Å²) in [4.78, 5) is 0. The normalized spacial score (nSPS) is 11.5. The van der Waals surface area contributed by atoms with Gasteiger partial charge in [0.15, 0.2) is 0 Å². The van der Waals surface area contributed by atoms with Gasteiger partial charge in [0.25, 0.3) is 0 Å². The van der Waals surface area contributed by atoms with Crippen LogP contribution in [-0.4, -0.2) is 7.38 Å². The van der Waals surface area contributed by atoms with E-state index in [1.165, 1.54) is 65.6 Å². The summed E-state index contributed by atoms with van der Waals surface area (Å²) in [5.41, 5.74) is 11.7. The Kier molecular flexibility index (Phi) is 8.98. The average molecular weight is 607 g/mol. The van der Waals surface area contributed by atoms with Crippen LogP contribution in [0.3, 0.4) is 0 Å². The zero-order chi connectivity index (χ0) is 30.5. The molecule has 0 atom stereocenters. The molecule has 0 fully saturated rings. The Hall–Kier alpha value is -4.17. The van der Waals surface area contributed by atoms with E-state index in [2.05, 4.69) is 166 Å². The average Bonchev–Trinajstić information content (AvgIpc) is 3.02. The molecule has 0 aromatic heterocycles. The Labute approximate surface area is 268 Å². The molecule has 0 aliphatic carbocycles. The van der Waals surface area contributed by atoms with E-state index in [0.29, 0.717) is 0 Å². The first-order chi connectivity index (χ1) is 21.4. The lowest BCUT2D eigenvalue weighted by Gasteiger charge is -2.36. The van der Waals surface area contributed by atoms with Gasteiger partial charge in [0, 0.05) is 0 Å². The van der Waals surface area contributed by atoms with Crippen molar-refractivity contribution in [3.8, 4) is 0 Å². The first-order valence-electron chi connectivity index (χ1n) is 15.5. The number of halogens is 1. The van der Waals surface area contributed by atoms with Gasteiger partial charge in [-0.2, -0.15) is 0 Å². The van der Waals surface area contributed by atoms with Crippen LogP contribution in [0, 0.1) is 20.8 Å². The van der Waals surface area contributed by atoms with Gasteiger partial charge in [-0.3, -0.25) is 0 Å². The third kappa shape index (κ3) is 6.08. The lowest BCUT2D eigenvalue weighted by atomic mass is 10.0. The standard InChI is InChI=1S/C42H39ClSi/c1-31-16-13-25-37(28-34-19-7-4-8-20-34)40(31)44(43,41-32(2)17-14-26-38(41)29-35-21-9-5-10-22-35)42-33(3)18-15-27-39(42)30-36-23-11-6-12-24-36/h4-27H,28-30H2,1-3H3. The second kappa shape index (κ2) is 13.2. The van der Waals surface area contributed by atoms with Crippen molar-refractivity contribution in [3.05, 3.63) is 196 Å². The smallest absolute Gasteiger partial charge is 0.149 e. The second-order valence-corrected chi connectivity index (χ2v) is 16.5. The van der Waals surface area contributed by atoms with Crippen molar-refractivity contribution in [2.75, 3.05) is 0 Å². The quantitative estimate of drug-likeness (QED) is 0.0878. The Morgan fingerprint density at radius 2 is 0.636 bits per heavy atom. The van der Waals surface area contributed by atoms with Gasteiger partial charge in [0.05, 0.1) is 0 Å². The van der Waals surface area contributed by atoms with Gasteiger partial charge in [0.1, 0.15) is 0 Å². The third-order valence-electron chi connectivity index (χ3n) is 8.82. The molecule has 0 radical (unpaired) electrons. The van der Waals surface area contributed by atoms with Gasteiger partial charge < -0.3 is 0 Å². The van der Waals surface area contributed by atoms with Crippen LogP contribution in [0.2, 0.25) is 0 Å². The van der Waals surface area contributed by atoms with E-state index in [4.69, 9.17) is 11.1 Å². The number of hydrogen-bond acceptors (Lipinski definition) is 0. The van der Waals surface area contributed by atoms with Crippen LogP contribution in [-0.2, 0) is 19.3 Å². The number of benzene rings is 6. The molecule has 0 heterocycles. The first-order valence-corrected chi connectivity index (χ1v) is 18.5. The zero-order valence-corrected chi connectivity index (χ0v) is 27.6. The molecule has 218 valence electrons. The lowest BCUT2D eigenvalue weighted by molar-refractivity contribution is 1.18. The molecule has 2 heteroatoms. The van der Waals surface area contributed by atoms with Crippen molar-refractivity contribution < 1.29 is 0 Å². The molecule has 0 amide bonds. The lowest BCUT2D eigenvalue weighted by Crippen LogP contribution is -2.67. The molecule has 44 heavy (non-hydrogen) atoms. The number of hydrogen-bond donors (Lipinski definition) is 0. The van der Waals surface area contributed by atoms with E-state index in [-0.39, 0.29) is 0 Å². The van der Waals surface area contributed by atoms with E-state index in [1.54, 1.807) is 0 Å². The van der Waals surface area contributed by atoms with Gasteiger partial charge >= 0.3 is 0 Å². The zero-order valence-electron chi connectivity index (χ0n) is 25.9. The van der Waals surface area contributed by atoms with Crippen LogP contribution in [0.25, 0.3) is 0 Å². The SMILES string of the molecule is Cc1cccc(Cc2ccccc2)c1[Si](Cl)(c1c(C)cccc1Cc1ccccc1)c1c(C)cccc1Cc1ccccc1. The molecule has 0 aliphatic rings. The van der Waals surface area contributed by atoms with Crippen LogP contribution in [0.15, 0.2) is 146 Å². The van der Waals surface area contributed by atoms with Gasteiger partial charge in [0.2, 0.25) is 7.38 Å². The summed E-state index contributed by atoms with van der Waals surface area (Å²) in [6.07, 6.45) is 2.54. The first kappa shape index (κ1) is 29.9. The van der Waals surface area contributed by atoms with E-state index in [9.17, 15) is 0 Å². The van der Waals surface area contributed by atoms with E-state index < -0.39 is 7.38 Å². The number of aryl methyl sites for hydroxylation is 3. The Morgan fingerprint density at radius 3 is 0.909 bits per heavy atom. The summed E-state index contributed by atoms with van der Waals surface area (Å²) in [7, 11) is -3.13. The highest BCUT2D eigenvalue weighted by Gasteiger charge is 2.45. The summed E-state index contributed by atoms with van der Waals surface area (Å²) >= 11 is 8.68. The molecule has 0 bridgehead atoms. The fraction of sp³-hybridized carbons (Fsp3) is 0.143. The molecular weight excluding hydrogens is 568 g/mol. The number of rotatable bonds is 9. The summed E-state index contributed by atoms with van der Waals surface area (Å²) in [5.74, 6) is 0. The summed E-state index contributed by atoms with van der Waals surface area (Å²) in [5, 5.41) is 3.99. The van der Waals surface area contributed by atoms with Gasteiger partial charge in [-0.15, -0.1) is 11.1 Å². The highest BCUT2D eigenvalue weighted by Crippen LogP contribution is 2.26. The van der Waals surface area contributed by atoms with Crippen molar-refractivity contribution in [2.24, 2.45) is 0 Å². The van der Waals surface area contributed by atoms with Gasteiger partial charge in [-0.05, 0) is 106 Å². The van der Waals surface area contributed by atoms with E-state index in [0.717, 1.165) is 19.3 Å². The van der Waals surface area contributed by atoms with Crippen molar-refractivity contribution >= 4 is 34.0 Å². The molecular formula is C42H39ClSi. The predicted molar refractivity (Wildman–Crippen MR) is 192 cm³/mol. The topological polar surface area (TPSA) is 0 Å². The summed E-state index contributed by atoms with van der Waals surface area (Å²) in [6, 6.07) is 52.8. The van der Waals surface area contributed by atoms with E-state index >= 15 is 0 Å². The minimum absolute atomic E-state index is 0.846. The summed E-state index contributed by atoms with van der Waals surface area (Å²) in [6.45, 7) is 6.79. The summed E-state index contributed by atoms with van der Waals surface area (Å²) < 4.78 is 0. The van der Waals surface area contributed by atoms with Gasteiger partial charge in [-0.25, -0.2) is 0 Å². The highest BCUT2D eigenvalue weighted by molar-refractivity contribution is 7.41. The van der Waals surface area contributed by atoms with Crippen LogP contribution in [0.1, 0.15) is 50.1 Å². The molecule has 0 saturated carbocycles. The highest BCUT2D eigenvalue weighted by atomic mass is 35.6. The molecule has 0 spiro atoms. The van der Waals surface area contributed by atoms with Crippen molar-refractivity contribution in [3.63, 3.8) is 0 Å². The molecule has 0 saturated heterocycles. The molecule has 6 aromatic rings. The van der Waals surface area contributed by atoms with E-state index in [1.807, 2.05) is 0 Å². The Bertz CT molecular complexity index is 1640. The molecule has 0 aliphatic heterocycles. The monoisotopic (exact) mass is 606 g/mol. The fourth-order valence-corrected chi connectivity index (χ4v) is 13.8.